The average Bonchev–Trinajstić information content (AvgIpc) is 2.42. The van der Waals surface area contributed by atoms with Crippen LogP contribution in [0.4, 0.5) is 0 Å². The van der Waals surface area contributed by atoms with Crippen molar-refractivity contribution < 1.29 is 9.53 Å². The second-order valence-corrected chi connectivity index (χ2v) is 3.69. The first-order chi connectivity index (χ1) is 8.74. The minimum absolute atomic E-state index is 0.389. The Morgan fingerprint density at radius 3 is 2.78 bits per heavy atom. The number of benzene rings is 1. The lowest BCUT2D eigenvalue weighted by atomic mass is 10.1. The van der Waals surface area contributed by atoms with Gasteiger partial charge in [0.2, 0.25) is 5.88 Å². The summed E-state index contributed by atoms with van der Waals surface area (Å²) >= 11 is 0. The van der Waals surface area contributed by atoms with Crippen molar-refractivity contribution in [1.82, 2.24) is 4.98 Å². The van der Waals surface area contributed by atoms with Crippen molar-refractivity contribution in [2.24, 2.45) is 0 Å². The third-order valence-corrected chi connectivity index (χ3v) is 2.53. The predicted molar refractivity (Wildman–Crippen MR) is 65.6 cm³/mol. The zero-order chi connectivity index (χ0) is 13.0. The summed E-state index contributed by atoms with van der Waals surface area (Å²) in [6.45, 7) is 1.81. The predicted octanol–water partition coefficient (Wildman–Crippen LogP) is 2.87. The van der Waals surface area contributed by atoms with Gasteiger partial charge in [-0.25, -0.2) is 4.98 Å². The lowest BCUT2D eigenvalue weighted by molar-refractivity contribution is 0.112. The van der Waals surface area contributed by atoms with Gasteiger partial charge in [0.25, 0.3) is 0 Å². The molecule has 2 rings (SSSR count). The van der Waals surface area contributed by atoms with Crippen molar-refractivity contribution in [2.75, 3.05) is 0 Å². The van der Waals surface area contributed by atoms with E-state index >= 15 is 0 Å². The van der Waals surface area contributed by atoms with Crippen molar-refractivity contribution in [3.63, 3.8) is 0 Å². The fourth-order valence-electron chi connectivity index (χ4n) is 1.49. The molecule has 0 fully saturated rings. The van der Waals surface area contributed by atoms with Crippen LogP contribution in [0.1, 0.15) is 21.5 Å². The molecule has 0 amide bonds. The molecule has 0 saturated carbocycles. The number of nitrogens with zero attached hydrogens (tertiary/aromatic N) is 2. The van der Waals surface area contributed by atoms with Crippen LogP contribution in [0, 0.1) is 18.3 Å². The number of carbonyl (C=O) groups excluding carboxylic acids is 1. The van der Waals surface area contributed by atoms with Crippen LogP contribution in [0.3, 0.4) is 0 Å². The summed E-state index contributed by atoms with van der Waals surface area (Å²) in [6.07, 6.45) is 2.22. The Kier molecular flexibility index (Phi) is 3.35. The van der Waals surface area contributed by atoms with Crippen LogP contribution in [0.15, 0.2) is 36.5 Å². The number of aldehydes is 1. The molecular weight excluding hydrogens is 228 g/mol. The third-order valence-electron chi connectivity index (χ3n) is 2.53. The second kappa shape index (κ2) is 5.11. The van der Waals surface area contributed by atoms with Crippen molar-refractivity contribution in [1.29, 1.82) is 5.26 Å². The minimum atomic E-state index is 0.389. The molecule has 0 aliphatic heterocycles. The van der Waals surface area contributed by atoms with Gasteiger partial charge in [-0.05, 0) is 19.1 Å². The van der Waals surface area contributed by atoms with E-state index in [2.05, 4.69) is 4.98 Å². The number of rotatable bonds is 3. The lowest BCUT2D eigenvalue weighted by Crippen LogP contribution is -1.93. The molecule has 0 N–H and O–H groups in total. The van der Waals surface area contributed by atoms with Crippen molar-refractivity contribution in [3.8, 4) is 17.7 Å². The van der Waals surface area contributed by atoms with Gasteiger partial charge in [-0.3, -0.25) is 4.79 Å². The molecule has 0 unspecified atom stereocenters. The number of aromatic nitrogens is 1. The number of hydrogen-bond donors (Lipinski definition) is 0. The zero-order valence-corrected chi connectivity index (χ0v) is 9.75. The van der Waals surface area contributed by atoms with Gasteiger partial charge in [0.05, 0.1) is 5.56 Å². The Morgan fingerprint density at radius 2 is 2.17 bits per heavy atom. The van der Waals surface area contributed by atoms with E-state index in [9.17, 15) is 4.79 Å². The molecule has 0 spiro atoms. The number of pyridine rings is 1. The van der Waals surface area contributed by atoms with E-state index in [0.717, 1.165) is 11.8 Å². The molecular formula is C14H10N2O2. The van der Waals surface area contributed by atoms with Gasteiger partial charge in [0.1, 0.15) is 18.1 Å². The van der Waals surface area contributed by atoms with Crippen LogP contribution in [0.2, 0.25) is 0 Å². The van der Waals surface area contributed by atoms with Crippen LogP contribution < -0.4 is 4.74 Å². The summed E-state index contributed by atoms with van der Waals surface area (Å²) in [4.78, 5) is 14.8. The molecule has 88 valence electrons. The van der Waals surface area contributed by atoms with Gasteiger partial charge in [0.15, 0.2) is 0 Å². The maximum atomic E-state index is 10.8. The van der Waals surface area contributed by atoms with E-state index in [4.69, 9.17) is 10.00 Å². The molecule has 0 saturated heterocycles. The Balaban J connectivity index is 2.28. The maximum absolute atomic E-state index is 10.8. The lowest BCUT2D eigenvalue weighted by Gasteiger charge is -2.08. The first-order valence-electron chi connectivity index (χ1n) is 5.33. The molecule has 4 heteroatoms. The zero-order valence-electron chi connectivity index (χ0n) is 9.75. The molecule has 1 aromatic carbocycles. The molecule has 0 aliphatic carbocycles. The molecule has 18 heavy (non-hydrogen) atoms. The Hall–Kier alpha value is -2.67. The first-order valence-corrected chi connectivity index (χ1v) is 5.33. The summed E-state index contributed by atoms with van der Waals surface area (Å²) in [7, 11) is 0. The van der Waals surface area contributed by atoms with Crippen molar-refractivity contribution in [3.05, 3.63) is 53.2 Å². The number of hydrogen-bond acceptors (Lipinski definition) is 4. The van der Waals surface area contributed by atoms with Crippen LogP contribution in [-0.2, 0) is 0 Å². The highest BCUT2D eigenvalue weighted by molar-refractivity contribution is 5.78. The number of carbonyl (C=O) groups is 1. The highest BCUT2D eigenvalue weighted by atomic mass is 16.5. The van der Waals surface area contributed by atoms with Crippen LogP contribution in [0.25, 0.3) is 0 Å². The third kappa shape index (κ3) is 2.36. The molecule has 1 heterocycles. The van der Waals surface area contributed by atoms with Crippen LogP contribution in [-0.4, -0.2) is 11.3 Å². The van der Waals surface area contributed by atoms with Gasteiger partial charge < -0.3 is 4.74 Å². The maximum Gasteiger partial charge on any atom is 0.219 e. The van der Waals surface area contributed by atoms with Gasteiger partial charge in [0, 0.05) is 23.4 Å². The van der Waals surface area contributed by atoms with Gasteiger partial charge >= 0.3 is 0 Å². The Labute approximate surface area is 104 Å². The van der Waals surface area contributed by atoms with Gasteiger partial charge in [-0.2, -0.15) is 5.26 Å². The normalized spacial score (nSPS) is 9.56. The van der Waals surface area contributed by atoms with Crippen LogP contribution >= 0.6 is 0 Å². The van der Waals surface area contributed by atoms with E-state index in [1.807, 2.05) is 13.0 Å². The summed E-state index contributed by atoms with van der Waals surface area (Å²) in [6, 6.07) is 10.5. The first kappa shape index (κ1) is 11.8. The van der Waals surface area contributed by atoms with E-state index in [0.29, 0.717) is 22.8 Å². The topological polar surface area (TPSA) is 63.0 Å². The molecule has 0 aliphatic rings. The second-order valence-electron chi connectivity index (χ2n) is 3.69. The molecule has 0 bridgehead atoms. The molecule has 0 atom stereocenters. The fraction of sp³-hybridized carbons (Fsp3) is 0.0714. The summed E-state index contributed by atoms with van der Waals surface area (Å²) < 4.78 is 5.57. The number of ether oxygens (including phenoxy) is 1. The Morgan fingerprint density at radius 1 is 1.33 bits per heavy atom. The smallest absolute Gasteiger partial charge is 0.219 e. The van der Waals surface area contributed by atoms with Crippen LogP contribution in [0.5, 0.6) is 11.6 Å². The average molecular weight is 238 g/mol. The summed E-state index contributed by atoms with van der Waals surface area (Å²) in [5.74, 6) is 0.969. The summed E-state index contributed by atoms with van der Waals surface area (Å²) in [5.41, 5.74) is 1.82. The Bertz CT molecular complexity index is 613. The quantitative estimate of drug-likeness (QED) is 0.771. The molecule has 4 nitrogen and oxygen atoms in total. The molecule has 0 radical (unpaired) electrons. The highest BCUT2D eigenvalue weighted by Gasteiger charge is 2.06. The SMILES string of the molecule is Cc1c(C=O)cccc1Oc1ccc(C#N)cn1. The number of nitriles is 1. The minimum Gasteiger partial charge on any atom is -0.439 e. The molecule has 2 aromatic rings. The van der Waals surface area contributed by atoms with E-state index in [-0.39, 0.29) is 0 Å². The highest BCUT2D eigenvalue weighted by Crippen LogP contribution is 2.25. The largest absolute Gasteiger partial charge is 0.439 e. The van der Waals surface area contributed by atoms with E-state index in [1.54, 1.807) is 30.3 Å². The molecule has 1 aromatic heterocycles. The standard InChI is InChI=1S/C14H10N2O2/c1-10-12(9-17)3-2-4-13(10)18-14-6-5-11(7-15)8-16-14/h2-6,8-9H,1H3. The van der Waals surface area contributed by atoms with Crippen molar-refractivity contribution >= 4 is 6.29 Å². The van der Waals surface area contributed by atoms with Gasteiger partial charge in [-0.1, -0.05) is 12.1 Å². The van der Waals surface area contributed by atoms with E-state index < -0.39 is 0 Å². The monoisotopic (exact) mass is 238 g/mol. The van der Waals surface area contributed by atoms with Gasteiger partial charge in [-0.15, -0.1) is 0 Å². The van der Waals surface area contributed by atoms with Crippen molar-refractivity contribution in [2.45, 2.75) is 6.92 Å². The van der Waals surface area contributed by atoms with E-state index in [1.165, 1.54) is 6.20 Å². The fourth-order valence-corrected chi connectivity index (χ4v) is 1.49. The summed E-state index contributed by atoms with van der Waals surface area (Å²) in [5, 5.41) is 8.66.